The molecule has 0 rings (SSSR count). The minimum Gasteiger partial charge on any atom is -0.462 e. The van der Waals surface area contributed by atoms with E-state index in [2.05, 4.69) is 41.5 Å². The summed E-state index contributed by atoms with van der Waals surface area (Å²) in [5.41, 5.74) is 0. The molecule has 0 saturated carbocycles. The number of ether oxygens (including phenoxy) is 3. The SMILES string of the molecule is CCC(C)CCCCCCCCCCCCCCCCCCCCC(=O)O[C@@H](COC(=O)CCCCCCCCCCCCC(C)CC)COC(=O)CCCCCCCCCCCC(C)C. The Morgan fingerprint density at radius 3 is 0.788 bits per heavy atom. The number of hydrogen-bond donors (Lipinski definition) is 0. The quantitative estimate of drug-likeness (QED) is 0.0343. The fourth-order valence-electron chi connectivity index (χ4n) is 9.11. The average molecular weight is 934 g/mol. The summed E-state index contributed by atoms with van der Waals surface area (Å²) >= 11 is 0. The van der Waals surface area contributed by atoms with Crippen LogP contribution < -0.4 is 0 Å². The second-order valence-electron chi connectivity index (χ2n) is 21.6. The molecule has 0 N–H and O–H groups in total. The summed E-state index contributed by atoms with van der Waals surface area (Å²) in [6.45, 7) is 13.8. The molecule has 6 nitrogen and oxygen atoms in total. The number of hydrogen-bond acceptors (Lipinski definition) is 6. The normalized spacial score (nSPS) is 13.0. The first-order chi connectivity index (χ1) is 32.2. The standard InChI is InChI=1S/C60H116O6/c1-7-55(5)47-41-35-29-23-17-15-13-11-9-10-12-14-16-18-26-33-39-45-51-60(63)66-57(53-65-59(62)50-44-38-32-27-21-22-28-34-40-46-54(3)4)52-64-58(61)49-43-37-31-25-20-19-24-30-36-42-48-56(6)8-2/h54-57H,7-53H2,1-6H3/t55?,56?,57-/m0/s1. The molecule has 0 radical (unpaired) electrons. The third kappa shape index (κ3) is 50.3. The van der Waals surface area contributed by atoms with Crippen molar-refractivity contribution in [3.8, 4) is 0 Å². The highest BCUT2D eigenvalue weighted by atomic mass is 16.6. The lowest BCUT2D eigenvalue weighted by molar-refractivity contribution is -0.167. The largest absolute Gasteiger partial charge is 0.462 e. The Kier molecular flexibility index (Phi) is 50.0. The topological polar surface area (TPSA) is 78.9 Å². The molecule has 0 aromatic rings. The summed E-state index contributed by atoms with van der Waals surface area (Å²) in [6, 6.07) is 0. The molecule has 0 heterocycles. The zero-order chi connectivity index (χ0) is 48.4. The van der Waals surface area contributed by atoms with Crippen LogP contribution in [0.25, 0.3) is 0 Å². The van der Waals surface area contributed by atoms with Crippen LogP contribution in [0.2, 0.25) is 0 Å². The van der Waals surface area contributed by atoms with Gasteiger partial charge in [-0.3, -0.25) is 14.4 Å². The molecular weight excluding hydrogens is 817 g/mol. The lowest BCUT2D eigenvalue weighted by Gasteiger charge is -2.18. The van der Waals surface area contributed by atoms with Gasteiger partial charge in [0.15, 0.2) is 6.10 Å². The average Bonchev–Trinajstić information content (AvgIpc) is 3.30. The molecule has 3 atom stereocenters. The minimum absolute atomic E-state index is 0.0640. The molecule has 0 aliphatic rings. The summed E-state index contributed by atoms with van der Waals surface area (Å²) in [4.78, 5) is 38.1. The Balaban J connectivity index is 4.25. The molecule has 0 aromatic carbocycles. The number of esters is 3. The van der Waals surface area contributed by atoms with Gasteiger partial charge in [-0.05, 0) is 37.0 Å². The molecule has 0 amide bonds. The van der Waals surface area contributed by atoms with Crippen LogP contribution in [0.1, 0.15) is 330 Å². The van der Waals surface area contributed by atoms with Crippen LogP contribution in [0.4, 0.5) is 0 Å². The van der Waals surface area contributed by atoms with Gasteiger partial charge in [-0.1, -0.05) is 292 Å². The summed E-state index contributed by atoms with van der Waals surface area (Å²) in [7, 11) is 0. The van der Waals surface area contributed by atoms with Gasteiger partial charge in [-0.2, -0.15) is 0 Å². The van der Waals surface area contributed by atoms with Gasteiger partial charge < -0.3 is 14.2 Å². The van der Waals surface area contributed by atoms with Gasteiger partial charge in [0.1, 0.15) is 13.2 Å². The van der Waals surface area contributed by atoms with Gasteiger partial charge in [-0.25, -0.2) is 0 Å². The predicted octanol–water partition coefficient (Wildman–Crippen LogP) is 19.5. The first kappa shape index (κ1) is 64.4. The van der Waals surface area contributed by atoms with Crippen molar-refractivity contribution in [2.45, 2.75) is 337 Å². The van der Waals surface area contributed by atoms with Crippen LogP contribution in [0.5, 0.6) is 0 Å². The Hall–Kier alpha value is -1.59. The van der Waals surface area contributed by atoms with E-state index in [9.17, 15) is 14.4 Å². The Morgan fingerprint density at radius 1 is 0.303 bits per heavy atom. The van der Waals surface area contributed by atoms with Crippen molar-refractivity contribution < 1.29 is 28.6 Å². The Labute approximate surface area is 412 Å². The van der Waals surface area contributed by atoms with Gasteiger partial charge in [0.25, 0.3) is 0 Å². The van der Waals surface area contributed by atoms with Crippen molar-refractivity contribution >= 4 is 17.9 Å². The maximum absolute atomic E-state index is 12.9. The highest BCUT2D eigenvalue weighted by molar-refractivity contribution is 5.71. The Morgan fingerprint density at radius 2 is 0.530 bits per heavy atom. The first-order valence-corrected chi connectivity index (χ1v) is 29.7. The fourth-order valence-corrected chi connectivity index (χ4v) is 9.11. The second kappa shape index (κ2) is 51.3. The third-order valence-corrected chi connectivity index (χ3v) is 14.4. The molecule has 66 heavy (non-hydrogen) atoms. The van der Waals surface area contributed by atoms with E-state index in [0.29, 0.717) is 19.3 Å². The van der Waals surface area contributed by atoms with Crippen molar-refractivity contribution in [2.75, 3.05) is 13.2 Å². The van der Waals surface area contributed by atoms with Crippen LogP contribution in [-0.4, -0.2) is 37.2 Å². The van der Waals surface area contributed by atoms with Crippen molar-refractivity contribution in [1.29, 1.82) is 0 Å². The van der Waals surface area contributed by atoms with Crippen molar-refractivity contribution in [3.05, 3.63) is 0 Å². The lowest BCUT2D eigenvalue weighted by Crippen LogP contribution is -2.30. The predicted molar refractivity (Wildman–Crippen MR) is 284 cm³/mol. The van der Waals surface area contributed by atoms with E-state index >= 15 is 0 Å². The van der Waals surface area contributed by atoms with Crippen molar-refractivity contribution in [1.82, 2.24) is 0 Å². The maximum atomic E-state index is 12.9. The van der Waals surface area contributed by atoms with E-state index in [1.54, 1.807) is 0 Å². The second-order valence-corrected chi connectivity index (χ2v) is 21.6. The van der Waals surface area contributed by atoms with E-state index in [4.69, 9.17) is 14.2 Å². The van der Waals surface area contributed by atoms with E-state index in [0.717, 1.165) is 75.5 Å². The molecule has 392 valence electrons. The van der Waals surface area contributed by atoms with Crippen LogP contribution >= 0.6 is 0 Å². The highest BCUT2D eigenvalue weighted by Crippen LogP contribution is 2.19. The van der Waals surface area contributed by atoms with Crippen LogP contribution in [-0.2, 0) is 28.6 Å². The van der Waals surface area contributed by atoms with Gasteiger partial charge in [0.05, 0.1) is 0 Å². The highest BCUT2D eigenvalue weighted by Gasteiger charge is 2.19. The smallest absolute Gasteiger partial charge is 0.306 e. The van der Waals surface area contributed by atoms with E-state index in [1.165, 1.54) is 212 Å². The van der Waals surface area contributed by atoms with E-state index < -0.39 is 6.10 Å². The van der Waals surface area contributed by atoms with Gasteiger partial charge in [0.2, 0.25) is 0 Å². The number of carbonyl (C=O) groups excluding carboxylic acids is 3. The molecule has 2 unspecified atom stereocenters. The zero-order valence-electron chi connectivity index (χ0n) is 45.5. The number of rotatable bonds is 53. The van der Waals surface area contributed by atoms with Crippen LogP contribution in [0.15, 0.2) is 0 Å². The van der Waals surface area contributed by atoms with Crippen LogP contribution in [0.3, 0.4) is 0 Å². The van der Waals surface area contributed by atoms with Crippen LogP contribution in [0, 0.1) is 17.8 Å². The maximum Gasteiger partial charge on any atom is 0.306 e. The minimum atomic E-state index is -0.764. The van der Waals surface area contributed by atoms with E-state index in [-0.39, 0.29) is 31.1 Å². The van der Waals surface area contributed by atoms with Gasteiger partial charge >= 0.3 is 17.9 Å². The van der Waals surface area contributed by atoms with E-state index in [1.807, 2.05) is 0 Å². The van der Waals surface area contributed by atoms with Crippen molar-refractivity contribution in [2.24, 2.45) is 17.8 Å². The summed E-state index contributed by atoms with van der Waals surface area (Å²) in [5, 5.41) is 0. The molecule has 0 bridgehead atoms. The lowest BCUT2D eigenvalue weighted by atomic mass is 9.99. The Bertz CT molecular complexity index is 1030. The summed E-state index contributed by atoms with van der Waals surface area (Å²) < 4.78 is 16.9. The molecule has 0 aliphatic carbocycles. The zero-order valence-corrected chi connectivity index (χ0v) is 45.5. The number of carbonyl (C=O) groups is 3. The molecule has 0 saturated heterocycles. The fraction of sp³-hybridized carbons (Fsp3) is 0.950. The molecule has 0 spiro atoms. The van der Waals surface area contributed by atoms with Gasteiger partial charge in [0, 0.05) is 19.3 Å². The van der Waals surface area contributed by atoms with Crippen molar-refractivity contribution in [3.63, 3.8) is 0 Å². The van der Waals surface area contributed by atoms with Gasteiger partial charge in [-0.15, -0.1) is 0 Å². The summed E-state index contributed by atoms with van der Waals surface area (Å²) in [5.74, 6) is 1.74. The molecule has 0 aromatic heterocycles. The summed E-state index contributed by atoms with van der Waals surface area (Å²) in [6.07, 6.45) is 53.8. The first-order valence-electron chi connectivity index (χ1n) is 29.7. The number of unbranched alkanes of at least 4 members (excludes halogenated alkanes) is 34. The molecule has 6 heteroatoms. The molecule has 0 aliphatic heterocycles. The molecule has 0 fully saturated rings. The third-order valence-electron chi connectivity index (χ3n) is 14.4. The monoisotopic (exact) mass is 933 g/mol. The molecular formula is C60H116O6.